The highest BCUT2D eigenvalue weighted by molar-refractivity contribution is 5.83. The van der Waals surface area contributed by atoms with Crippen LogP contribution in [0.4, 0.5) is 0 Å². The summed E-state index contributed by atoms with van der Waals surface area (Å²) < 4.78 is 0. The van der Waals surface area contributed by atoms with Crippen LogP contribution in [-0.2, 0) is 11.3 Å². The first-order valence-electron chi connectivity index (χ1n) is 4.32. The van der Waals surface area contributed by atoms with Crippen molar-refractivity contribution in [2.24, 2.45) is 5.73 Å². The maximum atomic E-state index is 11.0. The summed E-state index contributed by atoms with van der Waals surface area (Å²) in [7, 11) is 0. The van der Waals surface area contributed by atoms with E-state index in [-0.39, 0.29) is 5.91 Å². The molecule has 0 aromatic carbocycles. The molecular weight excluding hydrogens is 180 g/mol. The Hall–Kier alpha value is -1.49. The van der Waals surface area contributed by atoms with E-state index in [1.807, 2.05) is 0 Å². The van der Waals surface area contributed by atoms with Crippen LogP contribution >= 0.6 is 0 Å². The van der Waals surface area contributed by atoms with E-state index in [4.69, 9.17) is 5.73 Å². The van der Waals surface area contributed by atoms with Gasteiger partial charge in [-0.1, -0.05) is 0 Å². The van der Waals surface area contributed by atoms with E-state index < -0.39 is 5.54 Å². The zero-order chi connectivity index (χ0) is 10.6. The number of aromatic nitrogens is 2. The number of nitrogens with one attached hydrogen (secondary N) is 1. The van der Waals surface area contributed by atoms with Crippen molar-refractivity contribution in [3.05, 3.63) is 24.3 Å². The summed E-state index contributed by atoms with van der Waals surface area (Å²) in [5.41, 5.74) is 5.25. The molecule has 0 radical (unpaired) electrons. The van der Waals surface area contributed by atoms with Crippen molar-refractivity contribution in [3.63, 3.8) is 0 Å². The molecule has 0 aliphatic carbocycles. The number of nitrogens with zero attached hydrogens (tertiary/aromatic N) is 2. The molecule has 0 atom stereocenters. The fourth-order valence-electron chi connectivity index (χ4n) is 0.820. The van der Waals surface area contributed by atoms with Gasteiger partial charge >= 0.3 is 0 Å². The molecule has 0 saturated heterocycles. The van der Waals surface area contributed by atoms with Crippen LogP contribution in [0.2, 0.25) is 0 Å². The molecule has 1 amide bonds. The monoisotopic (exact) mass is 194 g/mol. The van der Waals surface area contributed by atoms with Gasteiger partial charge in [-0.15, -0.1) is 0 Å². The molecule has 1 aromatic rings. The van der Waals surface area contributed by atoms with E-state index >= 15 is 0 Å². The van der Waals surface area contributed by atoms with Gasteiger partial charge < -0.3 is 5.73 Å². The van der Waals surface area contributed by atoms with E-state index in [0.29, 0.717) is 6.54 Å². The predicted octanol–water partition coefficient (Wildman–Crippen LogP) is -0.170. The lowest BCUT2D eigenvalue weighted by Crippen LogP contribution is -2.50. The Morgan fingerprint density at radius 2 is 2.29 bits per heavy atom. The number of primary amides is 1. The molecule has 5 nitrogen and oxygen atoms in total. The molecule has 0 aliphatic heterocycles. The van der Waals surface area contributed by atoms with Crippen molar-refractivity contribution in [2.75, 3.05) is 0 Å². The molecule has 0 fully saturated rings. The van der Waals surface area contributed by atoms with Gasteiger partial charge in [0.15, 0.2) is 0 Å². The van der Waals surface area contributed by atoms with Crippen LogP contribution in [0.15, 0.2) is 18.6 Å². The van der Waals surface area contributed by atoms with E-state index in [2.05, 4.69) is 15.3 Å². The Balaban J connectivity index is 2.53. The first kappa shape index (κ1) is 10.6. The Morgan fingerprint density at radius 1 is 1.57 bits per heavy atom. The molecule has 1 heterocycles. The summed E-state index contributed by atoms with van der Waals surface area (Å²) >= 11 is 0. The molecule has 1 aromatic heterocycles. The van der Waals surface area contributed by atoms with Crippen LogP contribution in [0, 0.1) is 0 Å². The highest BCUT2D eigenvalue weighted by Crippen LogP contribution is 2.01. The van der Waals surface area contributed by atoms with E-state index in [0.717, 1.165) is 5.69 Å². The maximum Gasteiger partial charge on any atom is 0.237 e. The molecule has 0 aliphatic rings. The van der Waals surface area contributed by atoms with Gasteiger partial charge in [-0.2, -0.15) is 0 Å². The molecule has 14 heavy (non-hydrogen) atoms. The molecule has 0 saturated carbocycles. The second kappa shape index (κ2) is 4.15. The zero-order valence-corrected chi connectivity index (χ0v) is 8.32. The lowest BCUT2D eigenvalue weighted by Gasteiger charge is -2.21. The number of carbonyl (C=O) groups is 1. The lowest BCUT2D eigenvalue weighted by molar-refractivity contribution is -0.123. The molecule has 3 N–H and O–H groups in total. The number of hydrogen-bond donors (Lipinski definition) is 2. The van der Waals surface area contributed by atoms with Crippen molar-refractivity contribution in [2.45, 2.75) is 25.9 Å². The molecule has 0 bridgehead atoms. The summed E-state index contributed by atoms with van der Waals surface area (Å²) in [5.74, 6) is -0.388. The second-order valence-corrected chi connectivity index (χ2v) is 3.54. The van der Waals surface area contributed by atoms with E-state index in [1.54, 1.807) is 32.4 Å². The first-order valence-corrected chi connectivity index (χ1v) is 4.32. The van der Waals surface area contributed by atoms with Crippen molar-refractivity contribution in [1.29, 1.82) is 0 Å². The quantitative estimate of drug-likeness (QED) is 0.697. The molecule has 76 valence electrons. The zero-order valence-electron chi connectivity index (χ0n) is 8.32. The summed E-state index contributed by atoms with van der Waals surface area (Å²) in [6, 6.07) is 0. The van der Waals surface area contributed by atoms with Crippen molar-refractivity contribution < 1.29 is 4.79 Å². The highest BCUT2D eigenvalue weighted by Gasteiger charge is 2.23. The average molecular weight is 194 g/mol. The van der Waals surface area contributed by atoms with Gasteiger partial charge in [0.25, 0.3) is 0 Å². The normalized spacial score (nSPS) is 11.3. The largest absolute Gasteiger partial charge is 0.368 e. The number of amides is 1. The molecule has 0 unspecified atom stereocenters. The fourth-order valence-corrected chi connectivity index (χ4v) is 0.820. The predicted molar refractivity (Wildman–Crippen MR) is 52.1 cm³/mol. The average Bonchev–Trinajstić information content (AvgIpc) is 2.16. The molecular formula is C9H14N4O. The standard InChI is InChI=1S/C9H14N4O/c1-9(2,8(10)14)13-6-7-5-11-3-4-12-7/h3-5,13H,6H2,1-2H3,(H2,10,14). The lowest BCUT2D eigenvalue weighted by atomic mass is 10.1. The van der Waals surface area contributed by atoms with Gasteiger partial charge in [-0.3, -0.25) is 20.1 Å². The Kier molecular flexibility index (Phi) is 3.14. The Bertz CT molecular complexity index is 310. The van der Waals surface area contributed by atoms with Crippen molar-refractivity contribution >= 4 is 5.91 Å². The second-order valence-electron chi connectivity index (χ2n) is 3.54. The fraction of sp³-hybridized carbons (Fsp3) is 0.444. The van der Waals surface area contributed by atoms with Gasteiger partial charge in [0.1, 0.15) is 0 Å². The Morgan fingerprint density at radius 3 is 2.79 bits per heavy atom. The van der Waals surface area contributed by atoms with Crippen LogP contribution in [0.25, 0.3) is 0 Å². The number of rotatable bonds is 4. The SMILES string of the molecule is CC(C)(NCc1cnccn1)C(N)=O. The number of carbonyl (C=O) groups excluding carboxylic acids is 1. The maximum absolute atomic E-state index is 11.0. The topological polar surface area (TPSA) is 80.9 Å². The Labute approximate surface area is 82.7 Å². The summed E-state index contributed by atoms with van der Waals surface area (Å²) in [4.78, 5) is 18.9. The van der Waals surface area contributed by atoms with Gasteiger partial charge in [-0.05, 0) is 13.8 Å². The van der Waals surface area contributed by atoms with Crippen molar-refractivity contribution in [3.8, 4) is 0 Å². The summed E-state index contributed by atoms with van der Waals surface area (Å²) in [6.07, 6.45) is 4.85. The first-order chi connectivity index (χ1) is 6.52. The minimum atomic E-state index is -0.725. The molecule has 5 heteroatoms. The van der Waals surface area contributed by atoms with E-state index in [1.165, 1.54) is 0 Å². The molecule has 0 spiro atoms. The highest BCUT2D eigenvalue weighted by atomic mass is 16.1. The van der Waals surface area contributed by atoms with Crippen LogP contribution in [0.5, 0.6) is 0 Å². The minimum absolute atomic E-state index is 0.388. The van der Waals surface area contributed by atoms with E-state index in [9.17, 15) is 4.79 Å². The van der Waals surface area contributed by atoms with Crippen LogP contribution in [-0.4, -0.2) is 21.4 Å². The number of hydrogen-bond acceptors (Lipinski definition) is 4. The third-order valence-electron chi connectivity index (χ3n) is 1.94. The summed E-state index contributed by atoms with van der Waals surface area (Å²) in [6.45, 7) is 3.93. The van der Waals surface area contributed by atoms with Crippen molar-refractivity contribution in [1.82, 2.24) is 15.3 Å². The minimum Gasteiger partial charge on any atom is -0.368 e. The van der Waals surface area contributed by atoms with Gasteiger partial charge in [0, 0.05) is 25.1 Å². The third kappa shape index (κ3) is 2.77. The molecule has 1 rings (SSSR count). The van der Waals surface area contributed by atoms with Gasteiger partial charge in [-0.25, -0.2) is 0 Å². The van der Waals surface area contributed by atoms with Crippen LogP contribution in [0.3, 0.4) is 0 Å². The van der Waals surface area contributed by atoms with Crippen LogP contribution < -0.4 is 11.1 Å². The number of nitrogens with two attached hydrogens (primary N) is 1. The van der Waals surface area contributed by atoms with Gasteiger partial charge in [0.05, 0.1) is 11.2 Å². The smallest absolute Gasteiger partial charge is 0.237 e. The third-order valence-corrected chi connectivity index (χ3v) is 1.94. The summed E-state index contributed by atoms with van der Waals surface area (Å²) in [5, 5.41) is 3.00. The van der Waals surface area contributed by atoms with Crippen LogP contribution in [0.1, 0.15) is 19.5 Å². The van der Waals surface area contributed by atoms with Gasteiger partial charge in [0.2, 0.25) is 5.91 Å².